The first-order valence-electron chi connectivity index (χ1n) is 10.6. The van der Waals surface area contributed by atoms with E-state index in [1.807, 2.05) is 42.5 Å². The van der Waals surface area contributed by atoms with E-state index >= 15 is 0 Å². The summed E-state index contributed by atoms with van der Waals surface area (Å²) in [5.41, 5.74) is 8.49. The van der Waals surface area contributed by atoms with Crippen molar-refractivity contribution in [3.8, 4) is 11.5 Å². The van der Waals surface area contributed by atoms with Gasteiger partial charge in [0, 0.05) is 31.0 Å². The Bertz CT molecular complexity index is 962. The van der Waals surface area contributed by atoms with Crippen LogP contribution < -0.4 is 15.2 Å². The van der Waals surface area contributed by atoms with Crippen molar-refractivity contribution >= 4 is 12.0 Å². The smallest absolute Gasteiger partial charge is 0.314 e. The van der Waals surface area contributed by atoms with Gasteiger partial charge in [0.25, 0.3) is 0 Å². The van der Waals surface area contributed by atoms with Gasteiger partial charge in [0.1, 0.15) is 6.10 Å². The zero-order chi connectivity index (χ0) is 22.0. The van der Waals surface area contributed by atoms with E-state index in [9.17, 15) is 9.59 Å². The van der Waals surface area contributed by atoms with Crippen LogP contribution >= 0.6 is 0 Å². The molecule has 1 saturated heterocycles. The number of nitrogens with two attached hydrogens (primary N) is 1. The predicted octanol–water partition coefficient (Wildman–Crippen LogP) is 3.21. The molecule has 1 fully saturated rings. The third-order valence-corrected chi connectivity index (χ3v) is 6.38. The number of amides is 2. The van der Waals surface area contributed by atoms with Crippen molar-refractivity contribution in [1.82, 2.24) is 4.90 Å². The number of urea groups is 1. The Hall–Kier alpha value is -3.22. The van der Waals surface area contributed by atoms with Crippen LogP contribution in [0, 0.1) is 0 Å². The lowest BCUT2D eigenvalue weighted by Crippen LogP contribution is -2.48. The van der Waals surface area contributed by atoms with Gasteiger partial charge in [-0.25, -0.2) is 4.79 Å². The summed E-state index contributed by atoms with van der Waals surface area (Å²) in [6, 6.07) is 13.2. The molecule has 1 aliphatic heterocycles. The van der Waals surface area contributed by atoms with Gasteiger partial charge in [-0.05, 0) is 30.0 Å². The number of fused-ring (bicyclic) bond motifs is 1. The molecule has 4 rings (SSSR count). The zero-order valence-electron chi connectivity index (χ0n) is 17.9. The predicted molar refractivity (Wildman–Crippen MR) is 115 cm³/mol. The molecule has 164 valence electrons. The number of benzene rings is 2. The van der Waals surface area contributed by atoms with Gasteiger partial charge >= 0.3 is 12.0 Å². The van der Waals surface area contributed by atoms with Crippen molar-refractivity contribution in [2.45, 2.75) is 37.2 Å². The first kappa shape index (κ1) is 21.0. The summed E-state index contributed by atoms with van der Waals surface area (Å²) in [6.07, 6.45) is 1.65. The van der Waals surface area contributed by atoms with E-state index in [1.165, 1.54) is 0 Å². The number of hydrogen-bond acceptors (Lipinski definition) is 5. The van der Waals surface area contributed by atoms with Gasteiger partial charge in [-0.3, -0.25) is 4.79 Å². The molecule has 0 bridgehead atoms. The highest BCUT2D eigenvalue weighted by Gasteiger charge is 2.38. The molecular weight excluding hydrogens is 396 g/mol. The average Bonchev–Trinajstić information content (AvgIpc) is 3.23. The van der Waals surface area contributed by atoms with Crippen molar-refractivity contribution in [1.29, 1.82) is 0 Å². The molecule has 0 spiro atoms. The summed E-state index contributed by atoms with van der Waals surface area (Å²) >= 11 is 0. The van der Waals surface area contributed by atoms with E-state index < -0.39 is 6.03 Å². The van der Waals surface area contributed by atoms with Crippen molar-refractivity contribution in [3.63, 3.8) is 0 Å². The minimum atomic E-state index is -0.448. The van der Waals surface area contributed by atoms with Gasteiger partial charge in [-0.15, -0.1) is 0 Å². The van der Waals surface area contributed by atoms with E-state index in [0.29, 0.717) is 37.4 Å². The number of methoxy groups -OCH3 is 2. The number of carbonyl (C=O) groups excluding carboxylic acids is 2. The highest BCUT2D eigenvalue weighted by Crippen LogP contribution is 2.44. The molecule has 3 atom stereocenters. The molecular formula is C24H28N2O5. The van der Waals surface area contributed by atoms with Crippen LogP contribution in [0.5, 0.6) is 11.5 Å². The van der Waals surface area contributed by atoms with Crippen molar-refractivity contribution < 1.29 is 23.8 Å². The van der Waals surface area contributed by atoms with Crippen molar-refractivity contribution in [3.05, 3.63) is 59.2 Å². The van der Waals surface area contributed by atoms with Crippen molar-refractivity contribution in [2.24, 2.45) is 5.73 Å². The number of piperidine rings is 1. The highest BCUT2D eigenvalue weighted by atomic mass is 16.5. The Morgan fingerprint density at radius 1 is 1.03 bits per heavy atom. The molecule has 2 amide bonds. The molecule has 2 aromatic rings. The first-order chi connectivity index (χ1) is 15.0. The summed E-state index contributed by atoms with van der Waals surface area (Å²) in [4.78, 5) is 26.6. The molecule has 2 aliphatic rings. The van der Waals surface area contributed by atoms with E-state index in [4.69, 9.17) is 19.9 Å². The molecule has 3 unspecified atom stereocenters. The molecule has 31 heavy (non-hydrogen) atoms. The Morgan fingerprint density at radius 2 is 1.81 bits per heavy atom. The maximum Gasteiger partial charge on any atom is 0.314 e. The van der Waals surface area contributed by atoms with E-state index in [1.54, 1.807) is 19.1 Å². The quantitative estimate of drug-likeness (QED) is 0.745. The SMILES string of the molecule is COc1ccc2c(c1OC)CCC2C(=O)OC1CCN(C(N)=O)CC1c1ccccc1. The summed E-state index contributed by atoms with van der Waals surface area (Å²) < 4.78 is 17.0. The van der Waals surface area contributed by atoms with Gasteiger partial charge in [0.15, 0.2) is 11.5 Å². The standard InChI is InChI=1S/C24H28N2O5/c1-29-21-11-10-16-17(22(21)30-2)8-9-18(16)23(27)31-20-12-13-26(24(25)28)14-19(20)15-6-4-3-5-7-15/h3-7,10-11,18-20H,8-9,12-14H2,1-2H3,(H2,25,28). The maximum absolute atomic E-state index is 13.2. The fraction of sp³-hybridized carbons (Fsp3) is 0.417. The first-order valence-corrected chi connectivity index (χ1v) is 10.6. The minimum absolute atomic E-state index is 0.113. The van der Waals surface area contributed by atoms with Crippen LogP contribution in [-0.4, -0.2) is 50.3 Å². The number of carbonyl (C=O) groups is 2. The lowest BCUT2D eigenvalue weighted by molar-refractivity contribution is -0.154. The third-order valence-electron chi connectivity index (χ3n) is 6.38. The number of esters is 1. The third kappa shape index (κ3) is 4.04. The second-order valence-corrected chi connectivity index (χ2v) is 8.03. The molecule has 7 heteroatoms. The van der Waals surface area contributed by atoms with Crippen LogP contribution in [0.1, 0.15) is 41.4 Å². The topological polar surface area (TPSA) is 91.1 Å². The zero-order valence-corrected chi connectivity index (χ0v) is 17.9. The molecule has 0 saturated carbocycles. The maximum atomic E-state index is 13.2. The Morgan fingerprint density at radius 3 is 2.48 bits per heavy atom. The van der Waals surface area contributed by atoms with E-state index in [-0.39, 0.29) is 23.9 Å². The number of nitrogens with zero attached hydrogens (tertiary/aromatic N) is 1. The largest absolute Gasteiger partial charge is 0.493 e. The number of ether oxygens (including phenoxy) is 3. The number of primary amides is 1. The van der Waals surface area contributed by atoms with Crippen LogP contribution in [0.15, 0.2) is 42.5 Å². The fourth-order valence-corrected chi connectivity index (χ4v) is 4.80. The van der Waals surface area contributed by atoms with Gasteiger partial charge in [-0.2, -0.15) is 0 Å². The van der Waals surface area contributed by atoms with Crippen LogP contribution in [0.4, 0.5) is 4.79 Å². The van der Waals surface area contributed by atoms with Crippen LogP contribution in [0.3, 0.4) is 0 Å². The Labute approximate surface area is 182 Å². The highest BCUT2D eigenvalue weighted by molar-refractivity contribution is 5.81. The summed E-state index contributed by atoms with van der Waals surface area (Å²) in [5, 5.41) is 0. The number of likely N-dealkylation sites (tertiary alicyclic amines) is 1. The second-order valence-electron chi connectivity index (χ2n) is 8.03. The van der Waals surface area contributed by atoms with Gasteiger partial charge in [0.05, 0.1) is 20.1 Å². The molecule has 0 aromatic heterocycles. The van der Waals surface area contributed by atoms with Gasteiger partial charge < -0.3 is 24.8 Å². The monoisotopic (exact) mass is 424 g/mol. The lowest BCUT2D eigenvalue weighted by atomic mass is 9.87. The fourth-order valence-electron chi connectivity index (χ4n) is 4.80. The van der Waals surface area contributed by atoms with Crippen LogP contribution in [0.2, 0.25) is 0 Å². The molecule has 7 nitrogen and oxygen atoms in total. The minimum Gasteiger partial charge on any atom is -0.493 e. The molecule has 2 N–H and O–H groups in total. The molecule has 1 aliphatic carbocycles. The summed E-state index contributed by atoms with van der Waals surface area (Å²) in [6.45, 7) is 0.909. The van der Waals surface area contributed by atoms with Gasteiger partial charge in [-0.1, -0.05) is 36.4 Å². The van der Waals surface area contributed by atoms with E-state index in [2.05, 4.69) is 0 Å². The number of rotatable bonds is 5. The molecule has 2 aromatic carbocycles. The average molecular weight is 424 g/mol. The Balaban J connectivity index is 1.55. The lowest BCUT2D eigenvalue weighted by Gasteiger charge is -2.38. The van der Waals surface area contributed by atoms with Gasteiger partial charge in [0.2, 0.25) is 0 Å². The summed E-state index contributed by atoms with van der Waals surface area (Å²) in [5.74, 6) is 0.674. The summed E-state index contributed by atoms with van der Waals surface area (Å²) in [7, 11) is 3.22. The molecule has 1 heterocycles. The second kappa shape index (κ2) is 8.88. The number of hydrogen-bond donors (Lipinski definition) is 1. The normalized spacial score (nSPS) is 22.5. The molecule has 0 radical (unpaired) electrons. The van der Waals surface area contributed by atoms with Crippen LogP contribution in [0.25, 0.3) is 0 Å². The Kier molecular flexibility index (Phi) is 6.02. The van der Waals surface area contributed by atoms with Crippen LogP contribution in [-0.2, 0) is 16.0 Å². The van der Waals surface area contributed by atoms with E-state index in [0.717, 1.165) is 23.1 Å². The van der Waals surface area contributed by atoms with Crippen molar-refractivity contribution in [2.75, 3.05) is 27.3 Å².